The fraction of sp³-hybridized carbons (Fsp3) is 0.429. The van der Waals surface area contributed by atoms with E-state index in [0.717, 1.165) is 30.3 Å². The lowest BCUT2D eigenvalue weighted by molar-refractivity contribution is -0.143. The van der Waals surface area contributed by atoms with Crippen LogP contribution in [-0.4, -0.2) is 63.8 Å². The molecule has 2 aliphatic heterocycles. The number of ether oxygens (including phenoxy) is 3. The summed E-state index contributed by atoms with van der Waals surface area (Å²) in [7, 11) is 0.784. The molecule has 0 spiro atoms. The van der Waals surface area contributed by atoms with Gasteiger partial charge >= 0.3 is 19.1 Å². The third kappa shape index (κ3) is 7.68. The molecule has 2 unspecified atom stereocenters. The second-order valence-electron chi connectivity index (χ2n) is 8.93. The molecule has 0 aromatic rings. The molecule has 9 heteroatoms. The van der Waals surface area contributed by atoms with E-state index in [4.69, 9.17) is 28.6 Å². The van der Waals surface area contributed by atoms with Crippen molar-refractivity contribution in [2.75, 3.05) is 33.5 Å². The summed E-state index contributed by atoms with van der Waals surface area (Å²) in [5, 5.41) is 8.59. The molecule has 0 amide bonds. The molecule has 2 aliphatic carbocycles. The van der Waals surface area contributed by atoms with Crippen LogP contribution in [0.1, 0.15) is 25.7 Å². The third-order valence-corrected chi connectivity index (χ3v) is 6.54. The van der Waals surface area contributed by atoms with E-state index in [-0.39, 0.29) is 31.2 Å². The Hall–Kier alpha value is -3.14. The van der Waals surface area contributed by atoms with Crippen LogP contribution in [0.3, 0.4) is 0 Å². The molecule has 8 nitrogen and oxygen atoms in total. The summed E-state index contributed by atoms with van der Waals surface area (Å²) in [6, 6.07) is 0. The van der Waals surface area contributed by atoms with Gasteiger partial charge in [0.1, 0.15) is 6.61 Å². The largest absolute Gasteiger partial charge is 0.500 e. The Kier molecular flexibility index (Phi) is 11.2. The predicted octanol–water partition coefficient (Wildman–Crippen LogP) is 3.57. The van der Waals surface area contributed by atoms with Crippen LogP contribution < -0.4 is 0 Å². The first-order valence-corrected chi connectivity index (χ1v) is 12.5. The van der Waals surface area contributed by atoms with Gasteiger partial charge in [0.05, 0.1) is 44.9 Å². The minimum absolute atomic E-state index is 0.0725. The van der Waals surface area contributed by atoms with Crippen LogP contribution >= 0.6 is 0 Å². The fourth-order valence-electron chi connectivity index (χ4n) is 4.57. The second-order valence-corrected chi connectivity index (χ2v) is 8.93. The highest BCUT2D eigenvalue weighted by Crippen LogP contribution is 2.39. The van der Waals surface area contributed by atoms with E-state index in [1.807, 2.05) is 18.2 Å². The smallest absolute Gasteiger partial charge is 0.494 e. The highest BCUT2D eigenvalue weighted by atomic mass is 16.7. The summed E-state index contributed by atoms with van der Waals surface area (Å²) in [6.45, 7) is 8.31. The zero-order valence-corrected chi connectivity index (χ0v) is 21.3. The standard InChI is InChI=1S/C21H25BO7.C7H10O/c1-4-7-14(5-2)22-28-11-15(29-22)10-27-21(24)17-9-6-8-16-18(17)12-26-13-19(16)20(23)25-3;8-6-7-4-2-1-3-5-7/h4-5,7,9,13,15-16,18H,1-2,6,8,10-12H2,3H3;1-2,4,8H,3,5-6H2/b14-7+;/t15-,16?,18?;/m0./s1. The maximum atomic E-state index is 12.7. The number of fused-ring (bicyclic) bond motifs is 1. The van der Waals surface area contributed by atoms with E-state index < -0.39 is 19.1 Å². The van der Waals surface area contributed by atoms with Crippen molar-refractivity contribution in [3.63, 3.8) is 0 Å². The Morgan fingerprint density at radius 1 is 1.19 bits per heavy atom. The number of carbonyl (C=O) groups excluding carboxylic acids is 2. The van der Waals surface area contributed by atoms with Crippen molar-refractivity contribution in [3.05, 3.63) is 84.1 Å². The Balaban J connectivity index is 0.000000405. The molecular weight excluding hydrogens is 475 g/mol. The Labute approximate surface area is 218 Å². The average Bonchev–Trinajstić information content (AvgIpc) is 3.43. The van der Waals surface area contributed by atoms with Crippen molar-refractivity contribution in [1.29, 1.82) is 0 Å². The van der Waals surface area contributed by atoms with Crippen molar-refractivity contribution in [1.82, 2.24) is 0 Å². The van der Waals surface area contributed by atoms with Crippen molar-refractivity contribution in [3.8, 4) is 0 Å². The quantitative estimate of drug-likeness (QED) is 0.301. The minimum Gasteiger partial charge on any atom is -0.500 e. The molecule has 1 N–H and O–H groups in total. The number of aliphatic hydroxyl groups excluding tert-OH is 1. The van der Waals surface area contributed by atoms with Crippen LogP contribution in [0.4, 0.5) is 0 Å². The molecule has 198 valence electrons. The summed E-state index contributed by atoms with van der Waals surface area (Å²) in [5.74, 6) is -1.19. The first kappa shape index (κ1) is 28.4. The highest BCUT2D eigenvalue weighted by Gasteiger charge is 2.40. The maximum absolute atomic E-state index is 12.7. The summed E-state index contributed by atoms with van der Waals surface area (Å²) in [4.78, 5) is 24.7. The number of aliphatic hydroxyl groups is 1. The molecule has 37 heavy (non-hydrogen) atoms. The van der Waals surface area contributed by atoms with Gasteiger partial charge in [-0.25, -0.2) is 9.59 Å². The molecule has 4 aliphatic rings. The van der Waals surface area contributed by atoms with E-state index >= 15 is 0 Å². The van der Waals surface area contributed by atoms with E-state index in [2.05, 4.69) is 19.2 Å². The first-order valence-electron chi connectivity index (χ1n) is 12.5. The van der Waals surface area contributed by atoms with Gasteiger partial charge in [-0.05, 0) is 36.7 Å². The van der Waals surface area contributed by atoms with Crippen molar-refractivity contribution in [2.45, 2.75) is 31.8 Å². The summed E-state index contributed by atoms with van der Waals surface area (Å²) < 4.78 is 27.1. The molecule has 0 saturated carbocycles. The zero-order chi connectivity index (χ0) is 26.6. The number of rotatable bonds is 8. The van der Waals surface area contributed by atoms with Crippen LogP contribution in [0, 0.1) is 11.8 Å². The summed E-state index contributed by atoms with van der Waals surface area (Å²) in [5.41, 5.74) is 2.90. The van der Waals surface area contributed by atoms with E-state index in [1.54, 1.807) is 18.2 Å². The molecule has 0 radical (unpaired) electrons. The summed E-state index contributed by atoms with van der Waals surface area (Å²) in [6.07, 6.45) is 17.6. The molecule has 0 aromatic heterocycles. The zero-order valence-electron chi connectivity index (χ0n) is 21.3. The third-order valence-electron chi connectivity index (χ3n) is 6.54. The molecule has 0 bridgehead atoms. The minimum atomic E-state index is -0.549. The van der Waals surface area contributed by atoms with Gasteiger partial charge in [0.25, 0.3) is 0 Å². The van der Waals surface area contributed by atoms with Crippen LogP contribution in [0.25, 0.3) is 0 Å². The molecule has 1 saturated heterocycles. The monoisotopic (exact) mass is 510 g/mol. The normalized spacial score (nSPS) is 24.7. The maximum Gasteiger partial charge on any atom is 0.494 e. The lowest BCUT2D eigenvalue weighted by Crippen LogP contribution is -2.36. The molecule has 2 heterocycles. The fourth-order valence-corrected chi connectivity index (χ4v) is 4.57. The highest BCUT2D eigenvalue weighted by molar-refractivity contribution is 6.55. The predicted molar refractivity (Wildman–Crippen MR) is 140 cm³/mol. The number of methoxy groups -OCH3 is 1. The SMILES string of the molecule is C=C/C=C(\C=C)B1OC[C@H](COC(=O)C2=CCCC3C(C(=O)OC)=COCC23)O1.OCC1=CC=CCC1. The number of hydrogen-bond acceptors (Lipinski definition) is 8. The topological polar surface area (TPSA) is 101 Å². The van der Waals surface area contributed by atoms with Crippen LogP contribution in [0.15, 0.2) is 84.1 Å². The van der Waals surface area contributed by atoms with Gasteiger partial charge in [-0.2, -0.15) is 0 Å². The van der Waals surface area contributed by atoms with Gasteiger partial charge in [0.15, 0.2) is 0 Å². The molecule has 1 fully saturated rings. The number of hydrogen-bond donors (Lipinski definition) is 1. The second kappa shape index (κ2) is 14.6. The molecule has 0 aromatic carbocycles. The van der Waals surface area contributed by atoms with Crippen LogP contribution in [0.2, 0.25) is 0 Å². The summed E-state index contributed by atoms with van der Waals surface area (Å²) >= 11 is 0. The van der Waals surface area contributed by atoms with Crippen molar-refractivity contribution < 1.29 is 38.2 Å². The molecule has 4 rings (SSSR count). The first-order chi connectivity index (χ1) is 18.0. The van der Waals surface area contributed by atoms with Crippen molar-refractivity contribution >= 4 is 19.1 Å². The lowest BCUT2D eigenvalue weighted by atomic mass is 9.74. The average molecular weight is 510 g/mol. The van der Waals surface area contributed by atoms with Crippen molar-refractivity contribution in [2.24, 2.45) is 11.8 Å². The van der Waals surface area contributed by atoms with Gasteiger partial charge in [-0.3, -0.25) is 0 Å². The van der Waals surface area contributed by atoms with Crippen LogP contribution in [-0.2, 0) is 33.1 Å². The van der Waals surface area contributed by atoms with Gasteiger partial charge in [-0.1, -0.05) is 55.7 Å². The van der Waals surface area contributed by atoms with Gasteiger partial charge < -0.3 is 28.6 Å². The van der Waals surface area contributed by atoms with Crippen LogP contribution in [0.5, 0.6) is 0 Å². The number of esters is 2. The van der Waals surface area contributed by atoms with Gasteiger partial charge in [0.2, 0.25) is 0 Å². The number of carbonyl (C=O) groups is 2. The van der Waals surface area contributed by atoms with Gasteiger partial charge in [0, 0.05) is 17.4 Å². The Bertz CT molecular complexity index is 1010. The van der Waals surface area contributed by atoms with E-state index in [1.165, 1.54) is 13.4 Å². The van der Waals surface area contributed by atoms with Gasteiger partial charge in [-0.15, -0.1) is 0 Å². The molecular formula is C28H35BO8. The Morgan fingerprint density at radius 3 is 2.68 bits per heavy atom. The Morgan fingerprint density at radius 2 is 2.03 bits per heavy atom. The van der Waals surface area contributed by atoms with E-state index in [9.17, 15) is 9.59 Å². The lowest BCUT2D eigenvalue weighted by Gasteiger charge is -2.34. The number of allylic oxidation sites excluding steroid dienone is 8. The molecule has 3 atom stereocenters. The van der Waals surface area contributed by atoms with E-state index in [0.29, 0.717) is 30.8 Å².